The van der Waals surface area contributed by atoms with Crippen molar-refractivity contribution in [2.24, 2.45) is 0 Å². The molecule has 0 radical (unpaired) electrons. The van der Waals surface area contributed by atoms with Crippen LogP contribution in [-0.4, -0.2) is 54.3 Å². The number of carbonyl (C=O) groups is 2. The molecule has 1 rings (SSSR count). The first-order valence-corrected chi connectivity index (χ1v) is 8.08. The van der Waals surface area contributed by atoms with Crippen LogP contribution in [0.5, 0.6) is 0 Å². The van der Waals surface area contributed by atoms with Crippen LogP contribution in [0.4, 0.5) is 18.9 Å². The third kappa shape index (κ3) is 6.04. The molecule has 0 fully saturated rings. The minimum absolute atomic E-state index is 0.143. The van der Waals surface area contributed by atoms with E-state index in [1.165, 1.54) is 4.90 Å². The molecule has 0 saturated heterocycles. The summed E-state index contributed by atoms with van der Waals surface area (Å²) in [5.41, 5.74) is -0.466. The first kappa shape index (κ1) is 21.0. The predicted octanol–water partition coefficient (Wildman–Crippen LogP) is 2.62. The van der Waals surface area contributed by atoms with Crippen LogP contribution in [0, 0.1) is 17.5 Å². The van der Waals surface area contributed by atoms with Gasteiger partial charge in [0.25, 0.3) is 0 Å². The van der Waals surface area contributed by atoms with Gasteiger partial charge in [-0.1, -0.05) is 6.92 Å². The summed E-state index contributed by atoms with van der Waals surface area (Å²) in [6.45, 7) is 5.95. The molecule has 8 heteroatoms. The molecular formula is C17H24F3N3O2. The molecule has 1 N–H and O–H groups in total. The third-order valence-corrected chi connectivity index (χ3v) is 3.76. The largest absolute Gasteiger partial charge is 0.332 e. The number of benzene rings is 1. The zero-order chi connectivity index (χ0) is 19.1. The van der Waals surface area contributed by atoms with Crippen LogP contribution in [0.2, 0.25) is 0 Å². The topological polar surface area (TPSA) is 52.7 Å². The van der Waals surface area contributed by atoms with Crippen molar-refractivity contribution >= 4 is 17.5 Å². The number of likely N-dealkylation sites (N-methyl/N-ethyl adjacent to an activating group) is 1. The molecule has 1 aromatic rings. The van der Waals surface area contributed by atoms with E-state index in [2.05, 4.69) is 5.32 Å². The van der Waals surface area contributed by atoms with Crippen LogP contribution >= 0.6 is 0 Å². The first-order valence-electron chi connectivity index (χ1n) is 8.08. The zero-order valence-electron chi connectivity index (χ0n) is 14.9. The molecule has 5 nitrogen and oxygen atoms in total. The quantitative estimate of drug-likeness (QED) is 0.726. The lowest BCUT2D eigenvalue weighted by Crippen LogP contribution is -2.44. The summed E-state index contributed by atoms with van der Waals surface area (Å²) >= 11 is 0. The number of rotatable bonds is 8. The maximum Gasteiger partial charge on any atom is 0.244 e. The minimum Gasteiger partial charge on any atom is -0.332 e. The number of carbonyl (C=O) groups excluding carboxylic acids is 2. The van der Waals surface area contributed by atoms with E-state index in [9.17, 15) is 22.8 Å². The van der Waals surface area contributed by atoms with E-state index < -0.39 is 29.0 Å². The number of nitrogens with one attached hydrogen (secondary N) is 1. The Morgan fingerprint density at radius 2 is 1.76 bits per heavy atom. The molecule has 2 amide bonds. The Morgan fingerprint density at radius 3 is 2.32 bits per heavy atom. The standard InChI is InChI=1S/C17H24F3N3O2/c1-5-8-23(15(25)10-22(4)11(2)3)9-14(24)21-13-7-6-12(18)16(19)17(13)20/h6-7,11H,5,8-10H2,1-4H3,(H,21,24). The van der Waals surface area contributed by atoms with Crippen molar-refractivity contribution in [3.8, 4) is 0 Å². The van der Waals surface area contributed by atoms with Crippen LogP contribution in [0.15, 0.2) is 12.1 Å². The van der Waals surface area contributed by atoms with Crippen LogP contribution in [0.1, 0.15) is 27.2 Å². The Hall–Kier alpha value is -2.09. The molecule has 140 valence electrons. The van der Waals surface area contributed by atoms with E-state index in [0.29, 0.717) is 13.0 Å². The van der Waals surface area contributed by atoms with Crippen LogP contribution in [0.25, 0.3) is 0 Å². The Morgan fingerprint density at radius 1 is 1.12 bits per heavy atom. The van der Waals surface area contributed by atoms with Crippen molar-refractivity contribution < 1.29 is 22.8 Å². The van der Waals surface area contributed by atoms with E-state index in [4.69, 9.17) is 0 Å². The van der Waals surface area contributed by atoms with Crippen molar-refractivity contribution in [1.82, 2.24) is 9.80 Å². The molecule has 0 unspecified atom stereocenters. The number of amides is 2. The van der Waals surface area contributed by atoms with Gasteiger partial charge in [0.05, 0.1) is 18.8 Å². The van der Waals surface area contributed by atoms with Gasteiger partial charge in [-0.3, -0.25) is 14.5 Å². The molecule has 1 aromatic carbocycles. The summed E-state index contributed by atoms with van der Waals surface area (Å²) < 4.78 is 39.7. The van der Waals surface area contributed by atoms with Crippen molar-refractivity contribution in [2.45, 2.75) is 33.2 Å². The summed E-state index contributed by atoms with van der Waals surface area (Å²) in [5, 5.41) is 2.17. The fourth-order valence-corrected chi connectivity index (χ4v) is 2.04. The Bertz CT molecular complexity index is 623. The maximum atomic E-state index is 13.6. The third-order valence-electron chi connectivity index (χ3n) is 3.76. The monoisotopic (exact) mass is 359 g/mol. The van der Waals surface area contributed by atoms with Gasteiger partial charge in [0.1, 0.15) is 0 Å². The highest BCUT2D eigenvalue weighted by Gasteiger charge is 2.20. The molecule has 0 saturated carbocycles. The minimum atomic E-state index is -1.65. The fraction of sp³-hybridized carbons (Fsp3) is 0.529. The smallest absolute Gasteiger partial charge is 0.244 e. The van der Waals surface area contributed by atoms with Gasteiger partial charge in [-0.25, -0.2) is 13.2 Å². The Balaban J connectivity index is 2.76. The Kier molecular flexibility index (Phi) is 7.89. The van der Waals surface area contributed by atoms with Crippen LogP contribution < -0.4 is 5.32 Å². The normalized spacial score (nSPS) is 11.1. The molecule has 0 aliphatic heterocycles. The molecule has 0 spiro atoms. The summed E-state index contributed by atoms with van der Waals surface area (Å²) in [5.74, 6) is -5.38. The predicted molar refractivity (Wildman–Crippen MR) is 89.6 cm³/mol. The highest BCUT2D eigenvalue weighted by atomic mass is 19.2. The first-order chi connectivity index (χ1) is 11.7. The van der Waals surface area contributed by atoms with E-state index in [1.807, 2.05) is 25.7 Å². The fourth-order valence-electron chi connectivity index (χ4n) is 2.04. The molecular weight excluding hydrogens is 335 g/mol. The zero-order valence-corrected chi connectivity index (χ0v) is 14.9. The molecule has 0 aromatic heterocycles. The van der Waals surface area contributed by atoms with Gasteiger partial charge in [0.15, 0.2) is 17.5 Å². The van der Waals surface area contributed by atoms with Crippen LogP contribution in [-0.2, 0) is 9.59 Å². The van der Waals surface area contributed by atoms with E-state index in [0.717, 1.165) is 12.1 Å². The van der Waals surface area contributed by atoms with Crippen molar-refractivity contribution in [3.05, 3.63) is 29.6 Å². The van der Waals surface area contributed by atoms with Crippen molar-refractivity contribution in [3.63, 3.8) is 0 Å². The van der Waals surface area contributed by atoms with E-state index >= 15 is 0 Å². The van der Waals surface area contributed by atoms with E-state index in [1.54, 1.807) is 7.05 Å². The van der Waals surface area contributed by atoms with Gasteiger partial charge >= 0.3 is 0 Å². The van der Waals surface area contributed by atoms with Gasteiger partial charge in [0.2, 0.25) is 11.8 Å². The van der Waals surface area contributed by atoms with Gasteiger partial charge in [-0.05, 0) is 39.4 Å². The highest BCUT2D eigenvalue weighted by molar-refractivity contribution is 5.94. The second kappa shape index (κ2) is 9.41. The summed E-state index contributed by atoms with van der Waals surface area (Å²) in [7, 11) is 1.80. The number of halogens is 3. The van der Waals surface area contributed by atoms with Crippen LogP contribution in [0.3, 0.4) is 0 Å². The number of nitrogens with zero attached hydrogens (tertiary/aromatic N) is 2. The average Bonchev–Trinajstić information content (AvgIpc) is 2.54. The number of hydrogen-bond acceptors (Lipinski definition) is 3. The second-order valence-corrected chi connectivity index (χ2v) is 6.10. The average molecular weight is 359 g/mol. The summed E-state index contributed by atoms with van der Waals surface area (Å²) in [4.78, 5) is 27.6. The SMILES string of the molecule is CCCN(CC(=O)Nc1ccc(F)c(F)c1F)C(=O)CN(C)C(C)C. The Labute approximate surface area is 145 Å². The lowest BCUT2D eigenvalue weighted by atomic mass is 10.2. The second-order valence-electron chi connectivity index (χ2n) is 6.10. The summed E-state index contributed by atoms with van der Waals surface area (Å²) in [6, 6.07) is 1.82. The van der Waals surface area contributed by atoms with Gasteiger partial charge in [0, 0.05) is 12.6 Å². The van der Waals surface area contributed by atoms with Crippen molar-refractivity contribution in [1.29, 1.82) is 0 Å². The molecule has 25 heavy (non-hydrogen) atoms. The van der Waals surface area contributed by atoms with Gasteiger partial charge in [-0.2, -0.15) is 0 Å². The molecule has 0 bridgehead atoms. The highest BCUT2D eigenvalue weighted by Crippen LogP contribution is 2.19. The molecule has 0 aliphatic carbocycles. The van der Waals surface area contributed by atoms with Crippen molar-refractivity contribution in [2.75, 3.05) is 32.0 Å². The van der Waals surface area contributed by atoms with Gasteiger partial charge < -0.3 is 10.2 Å². The van der Waals surface area contributed by atoms with Gasteiger partial charge in [-0.15, -0.1) is 0 Å². The molecule has 0 aliphatic rings. The maximum absolute atomic E-state index is 13.6. The molecule has 0 heterocycles. The summed E-state index contributed by atoms with van der Waals surface area (Å²) in [6.07, 6.45) is 0.643. The lowest BCUT2D eigenvalue weighted by Gasteiger charge is -2.26. The van der Waals surface area contributed by atoms with E-state index in [-0.39, 0.29) is 25.0 Å². The molecule has 0 atom stereocenters. The lowest BCUT2D eigenvalue weighted by molar-refractivity contribution is -0.135. The number of anilines is 1. The number of hydrogen-bond donors (Lipinski definition) is 1.